The molecule has 1 amide bonds. The van der Waals surface area contributed by atoms with E-state index in [2.05, 4.69) is 30.8 Å². The number of carbonyl (C=O) groups excluding carboxylic acids is 1. The molecule has 0 saturated heterocycles. The lowest BCUT2D eigenvalue weighted by atomic mass is 10.0. The number of pyridine rings is 1. The van der Waals surface area contributed by atoms with Crippen molar-refractivity contribution in [3.8, 4) is 11.6 Å². The number of aromatic nitrogens is 3. The van der Waals surface area contributed by atoms with E-state index < -0.39 is 23.8 Å². The Hall–Kier alpha value is -4.58. The average Bonchev–Trinajstić information content (AvgIpc) is 3.59. The highest BCUT2D eigenvalue weighted by molar-refractivity contribution is 6.19. The fourth-order valence-corrected chi connectivity index (χ4v) is 4.80. The number of benzodiazepines with no additional fused rings is 1. The van der Waals surface area contributed by atoms with E-state index in [0.717, 1.165) is 23.4 Å². The fraction of sp³-hybridized carbons (Fsp3) is 0.250. The highest BCUT2D eigenvalue weighted by Crippen LogP contribution is 2.50. The van der Waals surface area contributed by atoms with E-state index in [-0.39, 0.29) is 29.4 Å². The Bertz CT molecular complexity index is 1590. The molecule has 6 rings (SSSR count). The van der Waals surface area contributed by atoms with Gasteiger partial charge in [0.1, 0.15) is 5.69 Å². The monoisotopic (exact) mass is 548 g/mol. The molecule has 3 heterocycles. The quantitative estimate of drug-likeness (QED) is 0.329. The molecule has 2 aromatic carbocycles. The summed E-state index contributed by atoms with van der Waals surface area (Å²) in [6, 6.07) is 17.7. The van der Waals surface area contributed by atoms with Crippen LogP contribution < -0.4 is 10.6 Å². The molecule has 40 heavy (non-hydrogen) atoms. The van der Waals surface area contributed by atoms with E-state index in [1.807, 2.05) is 48.5 Å². The van der Waals surface area contributed by atoms with Crippen LogP contribution in [0.4, 0.5) is 24.9 Å². The number of fused-ring (bicyclic) bond motifs is 1. The van der Waals surface area contributed by atoms with Crippen molar-refractivity contribution in [2.45, 2.75) is 24.7 Å². The van der Waals surface area contributed by atoms with Gasteiger partial charge >= 0.3 is 12.2 Å². The summed E-state index contributed by atoms with van der Waals surface area (Å²) in [5.74, 6) is -0.639. The van der Waals surface area contributed by atoms with Crippen LogP contribution in [0, 0.1) is 5.92 Å². The molecule has 204 valence electrons. The summed E-state index contributed by atoms with van der Waals surface area (Å²) in [4.78, 5) is 21.8. The van der Waals surface area contributed by atoms with Gasteiger partial charge in [-0.3, -0.25) is 9.78 Å². The molecule has 1 saturated carbocycles. The number of para-hydroxylation sites is 1. The van der Waals surface area contributed by atoms with Crippen LogP contribution in [0.3, 0.4) is 0 Å². The SMILES string of the molecule is COCC1C[C@H]1c1cc(C(F)(F)F)cnc1-c1nnc(N[C@H]2N=C(c3ccccc3)c3ccccc3NC2=O)o1. The molecule has 0 radical (unpaired) electrons. The van der Waals surface area contributed by atoms with Gasteiger partial charge in [-0.1, -0.05) is 53.6 Å². The molecular formula is C28H23F3N6O3. The first-order valence-corrected chi connectivity index (χ1v) is 12.5. The highest BCUT2D eigenvalue weighted by atomic mass is 19.4. The Morgan fingerprint density at radius 2 is 1.88 bits per heavy atom. The second-order valence-electron chi connectivity index (χ2n) is 9.56. The summed E-state index contributed by atoms with van der Waals surface area (Å²) in [5, 5.41) is 13.7. The maximum atomic E-state index is 13.4. The standard InChI is InChI=1S/C28H23F3N6O3/c1-39-14-16-11-19(16)20-12-17(28(29,30)31)13-32-23(20)26-36-37-27(40-26)35-24-25(38)33-21-10-6-5-9-18(21)22(34-24)15-7-3-2-4-8-15/h2-10,12-13,16,19,24H,11,14H2,1H3,(H,33,38)(H,35,37)/t16?,19-,24-/m1/s1. The minimum Gasteiger partial charge on any atom is -0.402 e. The maximum absolute atomic E-state index is 13.4. The molecule has 1 unspecified atom stereocenters. The molecule has 0 spiro atoms. The zero-order valence-electron chi connectivity index (χ0n) is 21.1. The van der Waals surface area contributed by atoms with Crippen LogP contribution in [0.25, 0.3) is 11.6 Å². The third-order valence-corrected chi connectivity index (χ3v) is 6.83. The molecule has 1 fully saturated rings. The molecule has 0 bridgehead atoms. The van der Waals surface area contributed by atoms with Crippen molar-refractivity contribution in [3.63, 3.8) is 0 Å². The van der Waals surface area contributed by atoms with Gasteiger partial charge in [0.05, 0.1) is 17.0 Å². The summed E-state index contributed by atoms with van der Waals surface area (Å²) in [6.45, 7) is 0.415. The zero-order chi connectivity index (χ0) is 27.9. The molecule has 12 heteroatoms. The number of halogens is 3. The van der Waals surface area contributed by atoms with Crippen molar-refractivity contribution in [2.24, 2.45) is 10.9 Å². The normalized spacial score (nSPS) is 20.2. The lowest BCUT2D eigenvalue weighted by molar-refractivity contribution is -0.137. The van der Waals surface area contributed by atoms with Crippen molar-refractivity contribution in [1.82, 2.24) is 15.2 Å². The van der Waals surface area contributed by atoms with Gasteiger partial charge in [-0.2, -0.15) is 13.2 Å². The van der Waals surface area contributed by atoms with Gasteiger partial charge in [-0.15, -0.1) is 5.10 Å². The van der Waals surface area contributed by atoms with Crippen LogP contribution >= 0.6 is 0 Å². The van der Waals surface area contributed by atoms with Crippen LogP contribution in [-0.4, -0.2) is 46.7 Å². The van der Waals surface area contributed by atoms with Gasteiger partial charge in [0, 0.05) is 31.0 Å². The largest absolute Gasteiger partial charge is 0.417 e. The molecule has 2 aliphatic rings. The van der Waals surface area contributed by atoms with Crippen molar-refractivity contribution in [3.05, 3.63) is 89.1 Å². The third kappa shape index (κ3) is 5.05. The van der Waals surface area contributed by atoms with Crippen molar-refractivity contribution < 1.29 is 27.1 Å². The predicted octanol–water partition coefficient (Wildman–Crippen LogP) is 5.13. The van der Waals surface area contributed by atoms with Gasteiger partial charge in [0.15, 0.2) is 0 Å². The molecule has 9 nitrogen and oxygen atoms in total. The van der Waals surface area contributed by atoms with Crippen LogP contribution in [0.1, 0.15) is 34.6 Å². The number of benzene rings is 2. The van der Waals surface area contributed by atoms with E-state index in [1.165, 1.54) is 0 Å². The Morgan fingerprint density at radius 1 is 1.10 bits per heavy atom. The van der Waals surface area contributed by atoms with Crippen molar-refractivity contribution in [1.29, 1.82) is 0 Å². The summed E-state index contributed by atoms with van der Waals surface area (Å²) < 4.78 is 51.3. The average molecular weight is 549 g/mol. The molecule has 2 N–H and O–H groups in total. The van der Waals surface area contributed by atoms with Gasteiger partial charge in [0.2, 0.25) is 6.17 Å². The second-order valence-corrected chi connectivity index (χ2v) is 9.56. The van der Waals surface area contributed by atoms with Crippen LogP contribution in [-0.2, 0) is 15.7 Å². The molecule has 4 aromatic rings. The number of carbonyl (C=O) groups is 1. The van der Waals surface area contributed by atoms with E-state index in [9.17, 15) is 18.0 Å². The number of nitrogens with one attached hydrogen (secondary N) is 2. The summed E-state index contributed by atoms with van der Waals surface area (Å²) in [7, 11) is 1.55. The number of anilines is 2. The fourth-order valence-electron chi connectivity index (χ4n) is 4.80. The molecule has 1 aliphatic carbocycles. The summed E-state index contributed by atoms with van der Waals surface area (Å²) in [5.41, 5.74) is 2.38. The summed E-state index contributed by atoms with van der Waals surface area (Å²) in [6.07, 6.45) is -4.28. The van der Waals surface area contributed by atoms with E-state index in [1.54, 1.807) is 13.2 Å². The molecule has 3 atom stereocenters. The maximum Gasteiger partial charge on any atom is 0.417 e. The summed E-state index contributed by atoms with van der Waals surface area (Å²) >= 11 is 0. The number of alkyl halides is 3. The number of nitrogens with zero attached hydrogens (tertiary/aromatic N) is 4. The molecular weight excluding hydrogens is 525 g/mol. The first kappa shape index (κ1) is 25.7. The highest BCUT2D eigenvalue weighted by Gasteiger charge is 2.42. The lowest BCUT2D eigenvalue weighted by Crippen LogP contribution is -2.32. The smallest absolute Gasteiger partial charge is 0.402 e. The van der Waals surface area contributed by atoms with E-state index >= 15 is 0 Å². The zero-order valence-corrected chi connectivity index (χ0v) is 21.1. The number of hydrogen-bond donors (Lipinski definition) is 2. The first-order valence-electron chi connectivity index (χ1n) is 12.5. The van der Waals surface area contributed by atoms with Crippen LogP contribution in [0.5, 0.6) is 0 Å². The topological polar surface area (TPSA) is 115 Å². The number of aliphatic imine (C=N–C) groups is 1. The predicted molar refractivity (Wildman–Crippen MR) is 140 cm³/mol. The molecule has 2 aromatic heterocycles. The van der Waals surface area contributed by atoms with Crippen molar-refractivity contribution >= 4 is 23.3 Å². The Balaban J connectivity index is 1.32. The van der Waals surface area contributed by atoms with Gasteiger partial charge in [0.25, 0.3) is 11.8 Å². The number of rotatable bonds is 7. The first-order chi connectivity index (χ1) is 19.3. The van der Waals surface area contributed by atoms with E-state index in [4.69, 9.17) is 9.15 Å². The van der Waals surface area contributed by atoms with Crippen LogP contribution in [0.2, 0.25) is 0 Å². The number of ether oxygens (including phenoxy) is 1. The van der Waals surface area contributed by atoms with Crippen molar-refractivity contribution in [2.75, 3.05) is 24.4 Å². The van der Waals surface area contributed by atoms with Gasteiger partial charge < -0.3 is 19.8 Å². The Morgan fingerprint density at radius 3 is 2.65 bits per heavy atom. The number of hydrogen-bond acceptors (Lipinski definition) is 8. The van der Waals surface area contributed by atoms with Gasteiger partial charge in [-0.05, 0) is 36.0 Å². The van der Waals surface area contributed by atoms with Gasteiger partial charge in [-0.25, -0.2) is 4.99 Å². The third-order valence-electron chi connectivity index (χ3n) is 6.83. The Kier molecular flexibility index (Phi) is 6.54. The van der Waals surface area contributed by atoms with Crippen LogP contribution in [0.15, 0.2) is 76.3 Å². The van der Waals surface area contributed by atoms with E-state index in [0.29, 0.717) is 30.0 Å². The number of amides is 1. The second kappa shape index (κ2) is 10.2. The molecule has 1 aliphatic heterocycles. The minimum absolute atomic E-state index is 0.0663. The number of methoxy groups -OCH3 is 1. The Labute approximate surface area is 226 Å². The lowest BCUT2D eigenvalue weighted by Gasteiger charge is -2.12. The minimum atomic E-state index is -4.55.